The third-order valence-corrected chi connectivity index (χ3v) is 4.49. The van der Waals surface area contributed by atoms with Gasteiger partial charge in [-0.05, 0) is 31.1 Å². The Kier molecular flexibility index (Phi) is 7.87. The average Bonchev–Trinajstić information content (AvgIpc) is 2.36. The van der Waals surface area contributed by atoms with Crippen molar-refractivity contribution in [2.45, 2.75) is 84.1 Å². The Morgan fingerprint density at radius 2 is 1.76 bits per heavy atom. The van der Waals surface area contributed by atoms with Crippen LogP contribution >= 0.6 is 0 Å². The van der Waals surface area contributed by atoms with Crippen LogP contribution in [0.2, 0.25) is 0 Å². The van der Waals surface area contributed by atoms with Crippen LogP contribution in [0.1, 0.15) is 78.1 Å². The van der Waals surface area contributed by atoms with Crippen LogP contribution in [0, 0.1) is 11.8 Å². The Balaban J connectivity index is 2.24. The fourth-order valence-corrected chi connectivity index (χ4v) is 3.36. The van der Waals surface area contributed by atoms with Gasteiger partial charge in [0.25, 0.3) is 0 Å². The maximum atomic E-state index is 5.73. The Morgan fingerprint density at radius 1 is 1.06 bits per heavy atom. The van der Waals surface area contributed by atoms with Gasteiger partial charge >= 0.3 is 0 Å². The van der Waals surface area contributed by atoms with Gasteiger partial charge in [0.2, 0.25) is 0 Å². The molecule has 1 atom stereocenters. The van der Waals surface area contributed by atoms with Gasteiger partial charge in [-0.25, -0.2) is 0 Å². The Labute approximate surface area is 108 Å². The fraction of sp³-hybridized carbons (Fsp3) is 1.00. The number of rotatable bonds is 8. The first-order valence-electron chi connectivity index (χ1n) is 7.77. The molecular formula is C15H32N2. The van der Waals surface area contributed by atoms with Gasteiger partial charge in [0.15, 0.2) is 0 Å². The van der Waals surface area contributed by atoms with Crippen molar-refractivity contribution in [3.8, 4) is 0 Å². The van der Waals surface area contributed by atoms with Gasteiger partial charge in [-0.3, -0.25) is 11.3 Å². The van der Waals surface area contributed by atoms with E-state index in [1.54, 1.807) is 0 Å². The van der Waals surface area contributed by atoms with Gasteiger partial charge in [0.05, 0.1) is 0 Å². The minimum atomic E-state index is 0.573. The topological polar surface area (TPSA) is 38.0 Å². The van der Waals surface area contributed by atoms with Crippen LogP contribution in [0.5, 0.6) is 0 Å². The molecule has 0 aromatic rings. The van der Waals surface area contributed by atoms with Crippen LogP contribution in [-0.2, 0) is 0 Å². The quantitative estimate of drug-likeness (QED) is 0.382. The second-order valence-corrected chi connectivity index (χ2v) is 5.84. The van der Waals surface area contributed by atoms with E-state index in [1.165, 1.54) is 64.2 Å². The molecule has 0 aromatic heterocycles. The highest BCUT2D eigenvalue weighted by atomic mass is 15.2. The lowest BCUT2D eigenvalue weighted by atomic mass is 9.76. The number of nitrogens with one attached hydrogen (secondary N) is 1. The molecule has 0 amide bonds. The largest absolute Gasteiger partial charge is 0.271 e. The lowest BCUT2D eigenvalue weighted by molar-refractivity contribution is 0.205. The lowest BCUT2D eigenvalue weighted by Gasteiger charge is -2.33. The molecule has 0 heterocycles. The van der Waals surface area contributed by atoms with Gasteiger partial charge in [-0.15, -0.1) is 0 Å². The number of hydrogen-bond donors (Lipinski definition) is 2. The van der Waals surface area contributed by atoms with Crippen molar-refractivity contribution in [3.63, 3.8) is 0 Å². The molecule has 0 saturated heterocycles. The molecule has 0 radical (unpaired) electrons. The molecule has 17 heavy (non-hydrogen) atoms. The molecule has 1 aliphatic carbocycles. The highest BCUT2D eigenvalue weighted by Crippen LogP contribution is 2.34. The number of nitrogens with two attached hydrogens (primary N) is 1. The van der Waals surface area contributed by atoms with E-state index in [0.717, 1.165) is 11.8 Å². The van der Waals surface area contributed by atoms with Crippen molar-refractivity contribution in [1.82, 2.24) is 5.43 Å². The van der Waals surface area contributed by atoms with E-state index in [-0.39, 0.29) is 0 Å². The van der Waals surface area contributed by atoms with Crippen LogP contribution in [0.25, 0.3) is 0 Å². The average molecular weight is 240 g/mol. The lowest BCUT2D eigenvalue weighted by Crippen LogP contribution is -2.42. The Morgan fingerprint density at radius 3 is 2.29 bits per heavy atom. The van der Waals surface area contributed by atoms with Crippen LogP contribution in [0.15, 0.2) is 0 Å². The fourth-order valence-electron chi connectivity index (χ4n) is 3.36. The van der Waals surface area contributed by atoms with Gasteiger partial charge in [0, 0.05) is 6.04 Å². The highest BCUT2D eigenvalue weighted by Gasteiger charge is 2.26. The zero-order chi connectivity index (χ0) is 12.5. The molecule has 102 valence electrons. The number of unbranched alkanes of at least 4 members (excludes halogenated alkanes) is 2. The van der Waals surface area contributed by atoms with E-state index in [1.807, 2.05) is 0 Å². The molecule has 1 aliphatic rings. The van der Waals surface area contributed by atoms with Crippen molar-refractivity contribution >= 4 is 0 Å². The summed E-state index contributed by atoms with van der Waals surface area (Å²) >= 11 is 0. The Hall–Kier alpha value is -0.0800. The molecule has 1 fully saturated rings. The van der Waals surface area contributed by atoms with Gasteiger partial charge < -0.3 is 0 Å². The predicted octanol–water partition coefficient (Wildman–Crippen LogP) is 4.01. The van der Waals surface area contributed by atoms with Crippen molar-refractivity contribution < 1.29 is 0 Å². The molecule has 1 unspecified atom stereocenters. The summed E-state index contributed by atoms with van der Waals surface area (Å²) in [6, 6.07) is 0.573. The summed E-state index contributed by atoms with van der Waals surface area (Å²) in [6.45, 7) is 4.57. The molecular weight excluding hydrogens is 208 g/mol. The summed E-state index contributed by atoms with van der Waals surface area (Å²) in [5, 5.41) is 0. The summed E-state index contributed by atoms with van der Waals surface area (Å²) in [4.78, 5) is 0. The van der Waals surface area contributed by atoms with E-state index in [9.17, 15) is 0 Å². The first kappa shape index (κ1) is 15.0. The van der Waals surface area contributed by atoms with Gasteiger partial charge in [-0.1, -0.05) is 58.8 Å². The SMILES string of the molecule is CCCCCC(NN)C1CCC(CCC)CC1. The van der Waals surface area contributed by atoms with Crippen LogP contribution in [0.3, 0.4) is 0 Å². The first-order valence-corrected chi connectivity index (χ1v) is 7.77. The molecule has 0 spiro atoms. The van der Waals surface area contributed by atoms with E-state index in [4.69, 9.17) is 5.84 Å². The smallest absolute Gasteiger partial charge is 0.0238 e. The van der Waals surface area contributed by atoms with Gasteiger partial charge in [0.1, 0.15) is 0 Å². The normalized spacial score (nSPS) is 27.0. The first-order chi connectivity index (χ1) is 8.31. The Bertz CT molecular complexity index is 174. The zero-order valence-corrected chi connectivity index (χ0v) is 11.9. The van der Waals surface area contributed by atoms with Crippen LogP contribution in [-0.4, -0.2) is 6.04 Å². The molecule has 3 N–H and O–H groups in total. The number of hydrogen-bond acceptors (Lipinski definition) is 2. The second-order valence-electron chi connectivity index (χ2n) is 5.84. The molecule has 1 rings (SSSR count). The van der Waals surface area contributed by atoms with Crippen LogP contribution in [0.4, 0.5) is 0 Å². The maximum Gasteiger partial charge on any atom is 0.0238 e. The van der Waals surface area contributed by atoms with E-state index < -0.39 is 0 Å². The second kappa shape index (κ2) is 8.93. The van der Waals surface area contributed by atoms with Crippen molar-refractivity contribution in [2.24, 2.45) is 17.7 Å². The molecule has 1 saturated carbocycles. The van der Waals surface area contributed by atoms with Crippen molar-refractivity contribution in [3.05, 3.63) is 0 Å². The predicted molar refractivity (Wildman–Crippen MR) is 75.6 cm³/mol. The molecule has 0 bridgehead atoms. The summed E-state index contributed by atoms with van der Waals surface area (Å²) < 4.78 is 0. The standard InChI is InChI=1S/C15H32N2/c1-3-5-6-8-15(17-16)14-11-9-13(7-4-2)10-12-14/h13-15,17H,3-12,16H2,1-2H3. The summed E-state index contributed by atoms with van der Waals surface area (Å²) in [7, 11) is 0. The number of hydrazine groups is 1. The minimum Gasteiger partial charge on any atom is -0.271 e. The maximum absolute atomic E-state index is 5.73. The monoisotopic (exact) mass is 240 g/mol. The zero-order valence-electron chi connectivity index (χ0n) is 11.9. The van der Waals surface area contributed by atoms with Crippen molar-refractivity contribution in [1.29, 1.82) is 0 Å². The molecule has 0 aliphatic heterocycles. The highest BCUT2D eigenvalue weighted by molar-refractivity contribution is 4.80. The van der Waals surface area contributed by atoms with E-state index in [2.05, 4.69) is 19.3 Å². The van der Waals surface area contributed by atoms with E-state index >= 15 is 0 Å². The summed E-state index contributed by atoms with van der Waals surface area (Å²) in [6.07, 6.45) is 13.7. The van der Waals surface area contributed by atoms with E-state index in [0.29, 0.717) is 6.04 Å². The molecule has 2 nitrogen and oxygen atoms in total. The minimum absolute atomic E-state index is 0.573. The van der Waals surface area contributed by atoms with Crippen molar-refractivity contribution in [2.75, 3.05) is 0 Å². The van der Waals surface area contributed by atoms with Gasteiger partial charge in [-0.2, -0.15) is 0 Å². The molecule has 0 aromatic carbocycles. The summed E-state index contributed by atoms with van der Waals surface area (Å²) in [5.41, 5.74) is 3.08. The summed E-state index contributed by atoms with van der Waals surface area (Å²) in [5.74, 6) is 7.57. The third kappa shape index (κ3) is 5.39. The van der Waals surface area contributed by atoms with Crippen LogP contribution < -0.4 is 11.3 Å². The third-order valence-electron chi connectivity index (χ3n) is 4.49. The molecule has 2 heteroatoms.